The summed E-state index contributed by atoms with van der Waals surface area (Å²) in [6.45, 7) is 19.6. The predicted octanol–water partition coefficient (Wildman–Crippen LogP) is 8.14. The van der Waals surface area contributed by atoms with Crippen LogP contribution in [0.4, 0.5) is 0 Å². The van der Waals surface area contributed by atoms with Gasteiger partial charge < -0.3 is 24.8 Å². The molecule has 0 N–H and O–H groups in total. The van der Waals surface area contributed by atoms with Crippen molar-refractivity contribution in [3.63, 3.8) is 0 Å². The van der Waals surface area contributed by atoms with Gasteiger partial charge in [-0.2, -0.15) is 0 Å². The summed E-state index contributed by atoms with van der Waals surface area (Å²) in [5.41, 5.74) is 18.7. The molecule has 1 saturated heterocycles. The van der Waals surface area contributed by atoms with Gasteiger partial charge in [0, 0.05) is 0 Å². The topological polar surface area (TPSA) is 0 Å². The van der Waals surface area contributed by atoms with E-state index in [9.17, 15) is 0 Å². The van der Waals surface area contributed by atoms with E-state index >= 15 is 0 Å². The Morgan fingerprint density at radius 1 is 0.529 bits per heavy atom. The van der Waals surface area contributed by atoms with E-state index in [4.69, 9.17) is 0 Å². The first-order chi connectivity index (χ1) is 23.5. The fourth-order valence-corrected chi connectivity index (χ4v) is 47.5. The van der Waals surface area contributed by atoms with Crippen LogP contribution in [0.2, 0.25) is 7.35 Å². The molecular formula is C48H56Cl2Hf. The first-order valence-corrected chi connectivity index (χ1v) is 27.7. The van der Waals surface area contributed by atoms with E-state index in [0.717, 1.165) is 20.2 Å². The molecule has 4 atom stereocenters. The van der Waals surface area contributed by atoms with Crippen LogP contribution in [-0.2, 0) is 32.8 Å². The van der Waals surface area contributed by atoms with Crippen LogP contribution in [0.3, 0.4) is 0 Å². The second-order valence-electron chi connectivity index (χ2n) is 17.8. The van der Waals surface area contributed by atoms with Gasteiger partial charge in [0.05, 0.1) is 0 Å². The largest absolute Gasteiger partial charge is 1.00 e. The average Bonchev–Trinajstić information content (AvgIpc) is 3.36. The Kier molecular flexibility index (Phi) is 10.7. The van der Waals surface area contributed by atoms with E-state index < -0.39 is 20.0 Å². The van der Waals surface area contributed by atoms with Gasteiger partial charge in [0.25, 0.3) is 0 Å². The van der Waals surface area contributed by atoms with Crippen molar-refractivity contribution in [3.8, 4) is 22.3 Å². The van der Waals surface area contributed by atoms with Crippen LogP contribution in [0.15, 0.2) is 96.1 Å². The van der Waals surface area contributed by atoms with Crippen molar-refractivity contribution in [1.82, 2.24) is 0 Å². The third-order valence-electron chi connectivity index (χ3n) is 13.1. The van der Waals surface area contributed by atoms with Crippen LogP contribution >= 0.6 is 0 Å². The van der Waals surface area contributed by atoms with E-state index in [0.29, 0.717) is 7.35 Å². The SMILES string of the molecule is CCc1ccc(-c2cccc3c2C=C(C(C)(C)C)[CH]3[Hf+2]2([CH]3C(C(C)(C)C)=Cc4c(-c5ccc(CC)cc5)cccc43)[CH]3CCCC[CH]32)cc1.[Cl-].[Cl-]. The molecule has 266 valence electrons. The number of fused-ring (bicyclic) bond motifs is 3. The Morgan fingerprint density at radius 3 is 1.24 bits per heavy atom. The molecule has 0 nitrogen and oxygen atoms in total. The summed E-state index contributed by atoms with van der Waals surface area (Å²) in [4.78, 5) is 0. The van der Waals surface area contributed by atoms with Gasteiger partial charge in [-0.3, -0.25) is 0 Å². The molecule has 1 aliphatic heterocycles. The summed E-state index contributed by atoms with van der Waals surface area (Å²) in [6.07, 6.45) is 13.4. The third kappa shape index (κ3) is 6.24. The molecule has 1 saturated carbocycles. The van der Waals surface area contributed by atoms with Gasteiger partial charge in [-0.15, -0.1) is 0 Å². The molecule has 0 amide bonds. The fourth-order valence-electron chi connectivity index (χ4n) is 10.8. The van der Waals surface area contributed by atoms with Gasteiger partial charge in [-0.25, -0.2) is 0 Å². The van der Waals surface area contributed by atoms with E-state index in [-0.39, 0.29) is 35.6 Å². The molecule has 4 unspecified atom stereocenters. The van der Waals surface area contributed by atoms with Crippen LogP contribution in [-0.4, -0.2) is 0 Å². The zero-order valence-corrected chi connectivity index (χ0v) is 37.2. The number of halogens is 2. The second-order valence-corrected chi connectivity index (χ2v) is 34.4. The average molecular weight is 882 g/mol. The molecule has 3 aliphatic carbocycles. The van der Waals surface area contributed by atoms with Gasteiger partial charge in [0.2, 0.25) is 0 Å². The molecule has 3 heteroatoms. The van der Waals surface area contributed by atoms with E-state index in [1.165, 1.54) is 70.2 Å². The summed E-state index contributed by atoms with van der Waals surface area (Å²) in [6, 6.07) is 33.7. The Labute approximate surface area is 325 Å². The third-order valence-corrected chi connectivity index (χ3v) is 37.6. The van der Waals surface area contributed by atoms with E-state index in [2.05, 4.69) is 152 Å². The molecule has 0 radical (unpaired) electrons. The number of hydrogen-bond donors (Lipinski definition) is 0. The molecule has 4 aromatic rings. The molecule has 0 spiro atoms. The minimum atomic E-state index is -3.38. The fraction of sp³-hybridized carbons (Fsp3) is 0.417. The molecule has 51 heavy (non-hydrogen) atoms. The summed E-state index contributed by atoms with van der Waals surface area (Å²) in [5.74, 6) is 0. The molecule has 0 bridgehead atoms. The molecule has 0 aromatic heterocycles. The molecule has 4 aliphatic rings. The summed E-state index contributed by atoms with van der Waals surface area (Å²) in [7, 11) is 0. The first-order valence-electron chi connectivity index (χ1n) is 19.4. The maximum atomic E-state index is 2.72. The van der Waals surface area contributed by atoms with Crippen molar-refractivity contribution in [3.05, 3.63) is 129 Å². The smallest absolute Gasteiger partial charge is 1.00 e. The van der Waals surface area contributed by atoms with Crippen molar-refractivity contribution in [2.24, 2.45) is 10.8 Å². The van der Waals surface area contributed by atoms with Gasteiger partial charge in [0.15, 0.2) is 0 Å². The van der Waals surface area contributed by atoms with Gasteiger partial charge in [-0.05, 0) is 0 Å². The zero-order chi connectivity index (χ0) is 34.3. The second kappa shape index (κ2) is 14.2. The Hall–Kier alpha value is -2.19. The van der Waals surface area contributed by atoms with Gasteiger partial charge in [-0.1, -0.05) is 0 Å². The van der Waals surface area contributed by atoms with E-state index in [1.54, 1.807) is 22.3 Å². The Morgan fingerprint density at radius 2 is 0.902 bits per heavy atom. The molecule has 4 aromatic carbocycles. The van der Waals surface area contributed by atoms with Crippen molar-refractivity contribution in [2.75, 3.05) is 0 Å². The number of hydrogen-bond acceptors (Lipinski definition) is 0. The number of aryl methyl sites for hydroxylation is 2. The van der Waals surface area contributed by atoms with Crippen molar-refractivity contribution < 1.29 is 44.8 Å². The minimum absolute atomic E-state index is 0. The maximum Gasteiger partial charge on any atom is -1.00 e. The van der Waals surface area contributed by atoms with Gasteiger partial charge >= 0.3 is 303 Å². The normalized spacial score (nSPS) is 23.5. The molecule has 8 rings (SSSR count). The zero-order valence-electron chi connectivity index (χ0n) is 32.0. The van der Waals surface area contributed by atoms with Crippen molar-refractivity contribution in [2.45, 2.75) is 109 Å². The maximum absolute atomic E-state index is 3.38. The van der Waals surface area contributed by atoms with E-state index in [1.807, 2.05) is 0 Å². The number of benzene rings is 4. The standard InChI is InChI=1S/2C21H23.C6H10.2ClH.Hf/c2*1-5-15-9-11-16(12-10-15)19-8-6-7-17-13-18(14-20(17)19)21(2,3)4;1-2-4-6-5-3-1;;;/h2*6-14H,5H2,1-4H3;1-2H,3-6H2;2*1H;/q;;;;;+2/p-2. The molecule has 1 heterocycles. The van der Waals surface area contributed by atoms with Crippen LogP contribution in [0.5, 0.6) is 0 Å². The molecular weight excluding hydrogens is 826 g/mol. The first kappa shape index (κ1) is 38.5. The summed E-state index contributed by atoms with van der Waals surface area (Å²) < 4.78 is 3.23. The monoisotopic (exact) mass is 882 g/mol. The minimum Gasteiger partial charge on any atom is -1.00 e. The Balaban J connectivity index is 0.00000224. The van der Waals surface area contributed by atoms with Gasteiger partial charge in [0.1, 0.15) is 0 Å². The van der Waals surface area contributed by atoms with Crippen molar-refractivity contribution >= 4 is 12.2 Å². The van der Waals surface area contributed by atoms with Crippen molar-refractivity contribution in [1.29, 1.82) is 0 Å². The summed E-state index contributed by atoms with van der Waals surface area (Å²) >= 11 is -3.38. The number of rotatable bonds is 6. The van der Waals surface area contributed by atoms with Crippen LogP contribution in [0, 0.1) is 10.8 Å². The van der Waals surface area contributed by atoms with Crippen LogP contribution in [0.1, 0.15) is 122 Å². The quantitative estimate of drug-likeness (QED) is 0.172. The van der Waals surface area contributed by atoms with Crippen LogP contribution in [0.25, 0.3) is 34.4 Å². The Bertz CT molecular complexity index is 1820. The summed E-state index contributed by atoms with van der Waals surface area (Å²) in [5, 5.41) is 0. The molecule has 2 fully saturated rings. The predicted molar refractivity (Wildman–Crippen MR) is 209 cm³/mol. The number of allylic oxidation sites excluding steroid dienone is 2. The van der Waals surface area contributed by atoms with Crippen LogP contribution < -0.4 is 24.8 Å².